The molecule has 8 nitrogen and oxygen atoms in total. The van der Waals surface area contributed by atoms with Gasteiger partial charge in [-0.1, -0.05) is 0 Å². The van der Waals surface area contributed by atoms with E-state index in [1.165, 1.54) is 6.07 Å². The van der Waals surface area contributed by atoms with Crippen LogP contribution in [0.15, 0.2) is 34.0 Å². The first kappa shape index (κ1) is 18.4. The van der Waals surface area contributed by atoms with E-state index >= 15 is 0 Å². The summed E-state index contributed by atoms with van der Waals surface area (Å²) in [7, 11) is 1.62. The summed E-state index contributed by atoms with van der Waals surface area (Å²) in [5.41, 5.74) is -1.43. The molecule has 0 fully saturated rings. The number of carbonyl (C=O) groups is 1. The van der Waals surface area contributed by atoms with Gasteiger partial charge in [0, 0.05) is 18.8 Å². The van der Waals surface area contributed by atoms with Crippen LogP contribution in [0, 0.1) is 0 Å². The first-order chi connectivity index (χ1) is 12.6. The SMILES string of the molecule is Cn1c(CNC(=O)Cc2c[nH]c(=O)[nH]c2=O)nc2cc(C(F)(F)F)ccc21. The van der Waals surface area contributed by atoms with Crippen molar-refractivity contribution in [2.24, 2.45) is 7.05 Å². The van der Waals surface area contributed by atoms with E-state index in [0.717, 1.165) is 18.3 Å². The molecule has 1 amide bonds. The molecule has 0 aliphatic rings. The number of aromatic amines is 2. The molecule has 2 aromatic heterocycles. The summed E-state index contributed by atoms with van der Waals surface area (Å²) >= 11 is 0. The van der Waals surface area contributed by atoms with E-state index < -0.39 is 28.9 Å². The van der Waals surface area contributed by atoms with Gasteiger partial charge in [0.15, 0.2) is 0 Å². The Morgan fingerprint density at radius 2 is 2.04 bits per heavy atom. The maximum Gasteiger partial charge on any atom is 0.416 e. The Kier molecular flexibility index (Phi) is 4.60. The van der Waals surface area contributed by atoms with Crippen LogP contribution in [0.3, 0.4) is 0 Å². The molecule has 0 radical (unpaired) electrons. The van der Waals surface area contributed by atoms with Gasteiger partial charge >= 0.3 is 11.9 Å². The van der Waals surface area contributed by atoms with Crippen LogP contribution in [0.1, 0.15) is 17.0 Å². The molecule has 11 heteroatoms. The zero-order valence-corrected chi connectivity index (χ0v) is 14.0. The maximum atomic E-state index is 12.8. The lowest BCUT2D eigenvalue weighted by Crippen LogP contribution is -2.31. The number of halogens is 3. The lowest BCUT2D eigenvalue weighted by molar-refractivity contribution is -0.137. The van der Waals surface area contributed by atoms with Gasteiger partial charge in [0.05, 0.1) is 29.6 Å². The molecule has 0 aliphatic carbocycles. The molecular weight excluding hydrogens is 367 g/mol. The van der Waals surface area contributed by atoms with Crippen LogP contribution in [-0.4, -0.2) is 25.4 Å². The Labute approximate surface area is 149 Å². The quantitative estimate of drug-likeness (QED) is 0.621. The van der Waals surface area contributed by atoms with E-state index in [1.807, 2.05) is 4.98 Å². The van der Waals surface area contributed by atoms with Crippen LogP contribution in [0.4, 0.5) is 13.2 Å². The van der Waals surface area contributed by atoms with Gasteiger partial charge in [-0.25, -0.2) is 9.78 Å². The van der Waals surface area contributed by atoms with Crippen molar-refractivity contribution >= 4 is 16.9 Å². The first-order valence-electron chi connectivity index (χ1n) is 7.75. The van der Waals surface area contributed by atoms with E-state index in [0.29, 0.717) is 11.3 Å². The zero-order chi connectivity index (χ0) is 19.8. The lowest BCUT2D eigenvalue weighted by atomic mass is 10.2. The van der Waals surface area contributed by atoms with Crippen molar-refractivity contribution < 1.29 is 18.0 Å². The molecule has 3 N–H and O–H groups in total. The molecule has 0 aliphatic heterocycles. The highest BCUT2D eigenvalue weighted by molar-refractivity contribution is 5.79. The minimum Gasteiger partial charge on any atom is -0.349 e. The fraction of sp³-hybridized carbons (Fsp3) is 0.250. The minimum absolute atomic E-state index is 0.0351. The normalized spacial score (nSPS) is 11.7. The molecule has 0 atom stereocenters. The van der Waals surface area contributed by atoms with Gasteiger partial charge in [0.25, 0.3) is 5.56 Å². The average Bonchev–Trinajstić information content (AvgIpc) is 2.90. The number of hydrogen-bond donors (Lipinski definition) is 3. The molecule has 142 valence electrons. The molecule has 0 bridgehead atoms. The fourth-order valence-corrected chi connectivity index (χ4v) is 2.57. The monoisotopic (exact) mass is 381 g/mol. The summed E-state index contributed by atoms with van der Waals surface area (Å²) in [5, 5.41) is 2.55. The van der Waals surface area contributed by atoms with Gasteiger partial charge in [0.2, 0.25) is 5.91 Å². The predicted molar refractivity (Wildman–Crippen MR) is 89.0 cm³/mol. The van der Waals surface area contributed by atoms with E-state index in [1.54, 1.807) is 11.6 Å². The maximum absolute atomic E-state index is 12.8. The van der Waals surface area contributed by atoms with Crippen molar-refractivity contribution in [3.63, 3.8) is 0 Å². The smallest absolute Gasteiger partial charge is 0.349 e. The number of benzene rings is 1. The van der Waals surface area contributed by atoms with E-state index in [-0.39, 0.29) is 24.0 Å². The number of carbonyl (C=O) groups excluding carboxylic acids is 1. The summed E-state index contributed by atoms with van der Waals surface area (Å²) in [5.74, 6) is -0.149. The molecule has 3 rings (SSSR count). The van der Waals surface area contributed by atoms with Gasteiger partial charge in [-0.2, -0.15) is 13.2 Å². The number of nitrogens with zero attached hydrogens (tertiary/aromatic N) is 2. The molecule has 0 unspecified atom stereocenters. The van der Waals surface area contributed by atoms with Crippen molar-refractivity contribution in [3.8, 4) is 0 Å². The van der Waals surface area contributed by atoms with E-state index in [4.69, 9.17) is 0 Å². The van der Waals surface area contributed by atoms with Gasteiger partial charge < -0.3 is 14.9 Å². The minimum atomic E-state index is -4.47. The van der Waals surface area contributed by atoms with Crippen LogP contribution in [0.2, 0.25) is 0 Å². The number of hydrogen-bond acceptors (Lipinski definition) is 4. The highest BCUT2D eigenvalue weighted by Gasteiger charge is 2.31. The Morgan fingerprint density at radius 3 is 2.70 bits per heavy atom. The Balaban J connectivity index is 1.74. The van der Waals surface area contributed by atoms with Gasteiger partial charge in [-0.05, 0) is 18.2 Å². The third kappa shape index (κ3) is 3.91. The molecule has 0 saturated carbocycles. The molecule has 2 heterocycles. The number of nitrogens with one attached hydrogen (secondary N) is 3. The second-order valence-corrected chi connectivity index (χ2v) is 5.84. The third-order valence-corrected chi connectivity index (χ3v) is 3.99. The Hall–Kier alpha value is -3.37. The number of amides is 1. The largest absolute Gasteiger partial charge is 0.416 e. The van der Waals surface area contributed by atoms with Crippen molar-refractivity contribution in [1.82, 2.24) is 24.8 Å². The second-order valence-electron chi connectivity index (χ2n) is 5.84. The summed E-state index contributed by atoms with van der Waals surface area (Å²) in [6, 6.07) is 3.23. The molecule has 0 saturated heterocycles. The molecule has 3 aromatic rings. The van der Waals surface area contributed by atoms with E-state index in [2.05, 4.69) is 15.3 Å². The van der Waals surface area contributed by atoms with Gasteiger partial charge in [-0.3, -0.25) is 14.6 Å². The average molecular weight is 381 g/mol. The number of aryl methyl sites for hydroxylation is 1. The van der Waals surface area contributed by atoms with Crippen molar-refractivity contribution in [2.45, 2.75) is 19.1 Å². The number of imidazole rings is 1. The van der Waals surface area contributed by atoms with Crippen molar-refractivity contribution in [3.05, 3.63) is 62.2 Å². The number of fused-ring (bicyclic) bond motifs is 1. The van der Waals surface area contributed by atoms with Crippen molar-refractivity contribution in [2.75, 3.05) is 0 Å². The van der Waals surface area contributed by atoms with Crippen LogP contribution < -0.4 is 16.6 Å². The van der Waals surface area contributed by atoms with Crippen LogP contribution >= 0.6 is 0 Å². The fourth-order valence-electron chi connectivity index (χ4n) is 2.57. The molecule has 27 heavy (non-hydrogen) atoms. The highest BCUT2D eigenvalue weighted by atomic mass is 19.4. The summed E-state index contributed by atoms with van der Waals surface area (Å²) in [6.45, 7) is -0.0351. The number of H-pyrrole nitrogens is 2. The number of aromatic nitrogens is 4. The molecule has 1 aromatic carbocycles. The predicted octanol–water partition coefficient (Wildman–Crippen LogP) is 0.828. The summed E-state index contributed by atoms with van der Waals surface area (Å²) < 4.78 is 40.0. The summed E-state index contributed by atoms with van der Waals surface area (Å²) in [6.07, 6.45) is -3.59. The van der Waals surface area contributed by atoms with Gasteiger partial charge in [-0.15, -0.1) is 0 Å². The molecular formula is C16H14F3N5O3. The molecule has 0 spiro atoms. The van der Waals surface area contributed by atoms with Crippen LogP contribution in [0.25, 0.3) is 11.0 Å². The van der Waals surface area contributed by atoms with E-state index in [9.17, 15) is 27.6 Å². The standard InChI is InChI=1S/C16H14F3N5O3/c1-24-11-3-2-9(16(17,18)19)5-10(11)22-12(24)7-20-13(25)4-8-6-21-15(27)23-14(8)26/h2-3,5-6H,4,7H2,1H3,(H,20,25)(H2,21,23,26,27). The zero-order valence-electron chi connectivity index (χ0n) is 14.0. The first-order valence-corrected chi connectivity index (χ1v) is 7.75. The van der Waals surface area contributed by atoms with Crippen LogP contribution in [-0.2, 0) is 31.0 Å². The van der Waals surface area contributed by atoms with Crippen LogP contribution in [0.5, 0.6) is 0 Å². The number of rotatable bonds is 4. The van der Waals surface area contributed by atoms with Crippen molar-refractivity contribution in [1.29, 1.82) is 0 Å². The highest BCUT2D eigenvalue weighted by Crippen LogP contribution is 2.31. The summed E-state index contributed by atoms with van der Waals surface area (Å²) in [4.78, 5) is 42.9. The lowest BCUT2D eigenvalue weighted by Gasteiger charge is -2.06. The topological polar surface area (TPSA) is 113 Å². The third-order valence-electron chi connectivity index (χ3n) is 3.99. The Bertz CT molecular complexity index is 1130. The number of alkyl halides is 3. The van der Waals surface area contributed by atoms with Gasteiger partial charge in [0.1, 0.15) is 5.82 Å². The Morgan fingerprint density at radius 1 is 1.30 bits per heavy atom. The second kappa shape index (κ2) is 6.74.